The summed E-state index contributed by atoms with van der Waals surface area (Å²) in [6.45, 7) is 11.9. The monoisotopic (exact) mass is 313 g/mol. The number of hydrogen-bond donors (Lipinski definition) is 0. The summed E-state index contributed by atoms with van der Waals surface area (Å²) in [5, 5.41) is 9.45. The fourth-order valence-electron chi connectivity index (χ4n) is 2.79. The van der Waals surface area contributed by atoms with Crippen molar-refractivity contribution in [1.82, 2.24) is 0 Å². The van der Waals surface area contributed by atoms with Gasteiger partial charge >= 0.3 is 0 Å². The molecule has 124 valence electrons. The Bertz CT molecular complexity index is 300. The van der Waals surface area contributed by atoms with Crippen molar-refractivity contribution in [3.8, 4) is 6.07 Å². The Labute approximate surface area is 135 Å². The van der Waals surface area contributed by atoms with E-state index in [1.54, 1.807) is 0 Å². The van der Waals surface area contributed by atoms with Crippen LogP contribution in [-0.4, -0.2) is 6.61 Å². The topological polar surface area (TPSA) is 33.0 Å². The average molecular weight is 313 g/mol. The first-order valence-corrected chi connectivity index (χ1v) is 9.05. The van der Waals surface area contributed by atoms with E-state index in [0.717, 1.165) is 24.7 Å². The standard InChI is InChI=1S/C18H36NOP/c1-15(2)8-6-9-16(3)10-7-11-17(4)18(5,14-19)12-13-20-21/h15-17H,6-13,21H2,1-5H3. The van der Waals surface area contributed by atoms with Gasteiger partial charge in [0.15, 0.2) is 0 Å². The molecule has 3 heteroatoms. The normalized spacial score (nSPS) is 17.2. The summed E-state index contributed by atoms with van der Waals surface area (Å²) >= 11 is 0. The smallest absolute Gasteiger partial charge is 0.0690 e. The first-order chi connectivity index (χ1) is 9.85. The Hall–Kier alpha value is -0.120. The molecule has 4 atom stereocenters. The molecule has 0 aliphatic carbocycles. The Kier molecular flexibility index (Phi) is 11.4. The van der Waals surface area contributed by atoms with Crippen LogP contribution in [0.3, 0.4) is 0 Å². The molecule has 0 aromatic heterocycles. The largest absolute Gasteiger partial charge is 0.366 e. The Morgan fingerprint density at radius 1 is 1.05 bits per heavy atom. The molecule has 0 radical (unpaired) electrons. The van der Waals surface area contributed by atoms with E-state index >= 15 is 0 Å². The quantitative estimate of drug-likeness (QED) is 0.415. The number of hydrogen-bond acceptors (Lipinski definition) is 2. The third-order valence-electron chi connectivity index (χ3n) is 4.89. The van der Waals surface area contributed by atoms with Crippen molar-refractivity contribution in [2.45, 2.75) is 79.6 Å². The molecule has 0 spiro atoms. The SMILES string of the molecule is CC(C)CCCC(C)CCCC(C)C(C)(C#N)CCOP. The molecule has 0 saturated carbocycles. The van der Waals surface area contributed by atoms with Crippen LogP contribution in [0.4, 0.5) is 0 Å². The van der Waals surface area contributed by atoms with Gasteiger partial charge in [0.25, 0.3) is 0 Å². The third-order valence-corrected chi connectivity index (χ3v) is 5.13. The lowest BCUT2D eigenvalue weighted by molar-refractivity contribution is 0.201. The molecule has 0 rings (SSSR count). The van der Waals surface area contributed by atoms with Crippen molar-refractivity contribution in [1.29, 1.82) is 5.26 Å². The van der Waals surface area contributed by atoms with Gasteiger partial charge in [-0.05, 0) is 37.5 Å². The van der Waals surface area contributed by atoms with E-state index in [1.807, 2.05) is 0 Å². The van der Waals surface area contributed by atoms with Crippen molar-refractivity contribution in [2.75, 3.05) is 6.61 Å². The lowest BCUT2D eigenvalue weighted by Gasteiger charge is -2.29. The van der Waals surface area contributed by atoms with Crippen molar-refractivity contribution in [2.24, 2.45) is 23.2 Å². The summed E-state index contributed by atoms with van der Waals surface area (Å²) in [5.41, 5.74) is -0.253. The Morgan fingerprint density at radius 3 is 2.10 bits per heavy atom. The van der Waals surface area contributed by atoms with Gasteiger partial charge in [-0.3, -0.25) is 0 Å². The van der Waals surface area contributed by atoms with E-state index < -0.39 is 0 Å². The lowest BCUT2D eigenvalue weighted by atomic mass is 9.74. The van der Waals surface area contributed by atoms with Crippen LogP contribution in [0, 0.1) is 34.5 Å². The summed E-state index contributed by atoms with van der Waals surface area (Å²) in [7, 11) is 2.27. The zero-order valence-corrected chi connectivity index (χ0v) is 16.0. The Morgan fingerprint density at radius 2 is 1.62 bits per heavy atom. The minimum Gasteiger partial charge on any atom is -0.366 e. The highest BCUT2D eigenvalue weighted by Crippen LogP contribution is 2.34. The predicted molar refractivity (Wildman–Crippen MR) is 94.9 cm³/mol. The summed E-state index contributed by atoms with van der Waals surface area (Å²) in [5.74, 6) is 2.08. The summed E-state index contributed by atoms with van der Waals surface area (Å²) in [4.78, 5) is 0. The van der Waals surface area contributed by atoms with Crippen LogP contribution >= 0.6 is 9.47 Å². The van der Waals surface area contributed by atoms with Gasteiger partial charge in [-0.1, -0.05) is 59.8 Å². The van der Waals surface area contributed by atoms with Gasteiger partial charge in [-0.15, -0.1) is 0 Å². The molecule has 0 amide bonds. The molecule has 0 saturated heterocycles. The summed E-state index contributed by atoms with van der Waals surface area (Å²) in [6, 6.07) is 2.51. The summed E-state index contributed by atoms with van der Waals surface area (Å²) in [6.07, 6.45) is 8.56. The molecular weight excluding hydrogens is 277 g/mol. The zero-order chi connectivity index (χ0) is 16.3. The van der Waals surface area contributed by atoms with Gasteiger partial charge in [0.1, 0.15) is 0 Å². The number of nitriles is 1. The second-order valence-corrected chi connectivity index (χ2v) is 7.75. The molecule has 2 nitrogen and oxygen atoms in total. The fourth-order valence-corrected chi connectivity index (χ4v) is 2.91. The van der Waals surface area contributed by atoms with Crippen LogP contribution in [0.1, 0.15) is 79.6 Å². The number of nitrogens with zero attached hydrogens (tertiary/aromatic N) is 1. The van der Waals surface area contributed by atoms with Crippen molar-refractivity contribution in [3.05, 3.63) is 0 Å². The second kappa shape index (κ2) is 11.4. The van der Waals surface area contributed by atoms with E-state index in [-0.39, 0.29) is 5.41 Å². The molecule has 0 aromatic carbocycles. The van der Waals surface area contributed by atoms with E-state index in [9.17, 15) is 5.26 Å². The number of rotatable bonds is 12. The fraction of sp³-hybridized carbons (Fsp3) is 0.944. The van der Waals surface area contributed by atoms with Gasteiger partial charge in [0.2, 0.25) is 0 Å². The molecule has 0 heterocycles. The van der Waals surface area contributed by atoms with Crippen molar-refractivity contribution >= 4 is 9.47 Å². The van der Waals surface area contributed by atoms with E-state index in [2.05, 4.69) is 50.2 Å². The highest BCUT2D eigenvalue weighted by Gasteiger charge is 2.30. The van der Waals surface area contributed by atoms with Gasteiger partial charge < -0.3 is 4.52 Å². The van der Waals surface area contributed by atoms with Crippen LogP contribution in [-0.2, 0) is 4.52 Å². The van der Waals surface area contributed by atoms with Crippen LogP contribution in [0.2, 0.25) is 0 Å². The molecule has 0 bridgehead atoms. The molecule has 0 aromatic rings. The highest BCUT2D eigenvalue weighted by atomic mass is 31.0. The van der Waals surface area contributed by atoms with Crippen molar-refractivity contribution < 1.29 is 4.52 Å². The predicted octanol–water partition coefficient (Wildman–Crippen LogP) is 5.98. The maximum atomic E-state index is 9.45. The van der Waals surface area contributed by atoms with E-state index in [4.69, 9.17) is 4.52 Å². The second-order valence-electron chi connectivity index (χ2n) is 7.41. The molecule has 0 aliphatic heterocycles. The molecule has 21 heavy (non-hydrogen) atoms. The lowest BCUT2D eigenvalue weighted by Crippen LogP contribution is -2.25. The van der Waals surface area contributed by atoms with Crippen LogP contribution < -0.4 is 0 Å². The van der Waals surface area contributed by atoms with E-state index in [0.29, 0.717) is 12.5 Å². The minimum absolute atomic E-state index is 0.253. The van der Waals surface area contributed by atoms with Gasteiger partial charge in [-0.25, -0.2) is 0 Å². The average Bonchev–Trinajstić information content (AvgIpc) is 2.44. The minimum atomic E-state index is -0.253. The molecular formula is C18H36NOP. The molecule has 0 fully saturated rings. The molecule has 0 N–H and O–H groups in total. The van der Waals surface area contributed by atoms with Crippen LogP contribution in [0.5, 0.6) is 0 Å². The highest BCUT2D eigenvalue weighted by molar-refractivity contribution is 7.09. The van der Waals surface area contributed by atoms with Gasteiger partial charge in [-0.2, -0.15) is 5.26 Å². The maximum absolute atomic E-state index is 9.45. The van der Waals surface area contributed by atoms with Crippen LogP contribution in [0.15, 0.2) is 0 Å². The molecule has 4 unspecified atom stereocenters. The first-order valence-electron chi connectivity index (χ1n) is 8.58. The maximum Gasteiger partial charge on any atom is 0.0690 e. The van der Waals surface area contributed by atoms with Crippen LogP contribution in [0.25, 0.3) is 0 Å². The van der Waals surface area contributed by atoms with Gasteiger partial charge in [0.05, 0.1) is 18.1 Å². The first kappa shape index (κ1) is 20.9. The summed E-state index contributed by atoms with van der Waals surface area (Å²) < 4.78 is 5.06. The van der Waals surface area contributed by atoms with E-state index in [1.165, 1.54) is 32.1 Å². The third kappa shape index (κ3) is 9.49. The zero-order valence-electron chi connectivity index (χ0n) is 14.8. The van der Waals surface area contributed by atoms with Gasteiger partial charge in [0, 0.05) is 9.47 Å². The molecule has 0 aliphatic rings. The Balaban J connectivity index is 3.96. The van der Waals surface area contributed by atoms with Crippen molar-refractivity contribution in [3.63, 3.8) is 0 Å².